The number of carbonyl (C=O) groups excluding carboxylic acids is 2. The van der Waals surface area contributed by atoms with Crippen molar-refractivity contribution in [1.82, 2.24) is 20.0 Å². The van der Waals surface area contributed by atoms with Crippen LogP contribution in [0.25, 0.3) is 11.1 Å². The van der Waals surface area contributed by atoms with Crippen LogP contribution in [0.2, 0.25) is 0 Å². The van der Waals surface area contributed by atoms with Gasteiger partial charge in [0.05, 0.1) is 6.54 Å². The van der Waals surface area contributed by atoms with Crippen molar-refractivity contribution in [3.8, 4) is 11.1 Å². The fourth-order valence-corrected chi connectivity index (χ4v) is 6.00. The van der Waals surface area contributed by atoms with E-state index in [0.717, 1.165) is 27.8 Å². The topological polar surface area (TPSA) is 102 Å². The van der Waals surface area contributed by atoms with Gasteiger partial charge < -0.3 is 20.1 Å². The molecule has 1 fully saturated rings. The molecule has 2 aliphatic rings. The monoisotopic (exact) mass is 570 g/mol. The quantitative estimate of drug-likeness (QED) is 0.384. The normalized spacial score (nSPS) is 15.9. The van der Waals surface area contributed by atoms with Crippen LogP contribution in [0.5, 0.6) is 0 Å². The fourth-order valence-electron chi connectivity index (χ4n) is 6.00. The van der Waals surface area contributed by atoms with E-state index in [1.165, 1.54) is 0 Å². The highest BCUT2D eigenvalue weighted by molar-refractivity contribution is 5.86. The van der Waals surface area contributed by atoms with Crippen molar-refractivity contribution in [2.75, 3.05) is 52.9 Å². The SMILES string of the molecule is CN(Cc1ccccc1)CC(NC(=O)OCC1c2ccccc2-c2ccccc21)C(=O)N1CCCN(CC(=O)O)CC1. The van der Waals surface area contributed by atoms with Crippen molar-refractivity contribution in [1.29, 1.82) is 0 Å². The van der Waals surface area contributed by atoms with E-state index >= 15 is 0 Å². The standard InChI is InChI=1S/C33H38N4O5/c1-35(20-24-10-3-2-4-11-24)21-30(32(40)37-17-9-16-36(18-19-37)22-31(38)39)34-33(41)42-23-29-27-14-7-5-12-25(27)26-13-6-8-15-28(26)29/h2-8,10-15,29-30H,9,16-23H2,1H3,(H,34,41)(H,38,39). The van der Waals surface area contributed by atoms with E-state index in [-0.39, 0.29) is 25.0 Å². The summed E-state index contributed by atoms with van der Waals surface area (Å²) in [6.45, 7) is 3.00. The molecule has 3 aromatic rings. The fraction of sp³-hybridized carbons (Fsp3) is 0.364. The van der Waals surface area contributed by atoms with Crippen molar-refractivity contribution < 1.29 is 24.2 Å². The molecule has 42 heavy (non-hydrogen) atoms. The minimum atomic E-state index is -0.882. The van der Waals surface area contributed by atoms with E-state index in [2.05, 4.69) is 29.6 Å². The van der Waals surface area contributed by atoms with Gasteiger partial charge in [0.25, 0.3) is 0 Å². The Morgan fingerprint density at radius 2 is 1.55 bits per heavy atom. The molecule has 9 heteroatoms. The Kier molecular flexibility index (Phi) is 9.51. The Balaban J connectivity index is 1.26. The molecule has 1 aliphatic heterocycles. The number of amides is 2. The van der Waals surface area contributed by atoms with Crippen LogP contribution < -0.4 is 5.32 Å². The third-order valence-electron chi connectivity index (χ3n) is 7.98. The van der Waals surface area contributed by atoms with E-state index < -0.39 is 18.1 Å². The van der Waals surface area contributed by atoms with Gasteiger partial charge in [-0.15, -0.1) is 0 Å². The average Bonchev–Trinajstić information content (AvgIpc) is 3.11. The van der Waals surface area contributed by atoms with Gasteiger partial charge in [0, 0.05) is 45.2 Å². The Morgan fingerprint density at radius 3 is 2.21 bits per heavy atom. The lowest BCUT2D eigenvalue weighted by atomic mass is 9.98. The van der Waals surface area contributed by atoms with Gasteiger partial charge >= 0.3 is 12.1 Å². The molecule has 3 aromatic carbocycles. The molecule has 5 rings (SSSR count). The van der Waals surface area contributed by atoms with Gasteiger partial charge in [0.2, 0.25) is 5.91 Å². The third kappa shape index (κ3) is 7.16. The van der Waals surface area contributed by atoms with Crippen molar-refractivity contribution in [3.63, 3.8) is 0 Å². The number of carbonyl (C=O) groups is 3. The van der Waals surface area contributed by atoms with Crippen LogP contribution in [-0.2, 0) is 20.9 Å². The maximum Gasteiger partial charge on any atom is 0.407 e. The largest absolute Gasteiger partial charge is 0.480 e. The zero-order chi connectivity index (χ0) is 29.5. The van der Waals surface area contributed by atoms with Crippen LogP contribution in [-0.4, -0.2) is 96.7 Å². The first-order valence-corrected chi connectivity index (χ1v) is 14.5. The number of likely N-dealkylation sites (N-methyl/N-ethyl adjacent to an activating group) is 1. The molecule has 220 valence electrons. The van der Waals surface area contributed by atoms with Crippen LogP contribution in [0.3, 0.4) is 0 Å². The molecule has 9 nitrogen and oxygen atoms in total. The van der Waals surface area contributed by atoms with Crippen LogP contribution >= 0.6 is 0 Å². The number of carboxylic acid groups (broad SMARTS) is 1. The first-order chi connectivity index (χ1) is 20.4. The molecule has 0 spiro atoms. The van der Waals surface area contributed by atoms with E-state index in [1.807, 2.05) is 71.4 Å². The number of hydrogen-bond acceptors (Lipinski definition) is 6. The maximum atomic E-state index is 13.8. The number of nitrogens with zero attached hydrogens (tertiary/aromatic N) is 3. The number of aliphatic carboxylic acids is 1. The molecular formula is C33H38N4O5. The second kappa shape index (κ2) is 13.6. The highest BCUT2D eigenvalue weighted by atomic mass is 16.5. The van der Waals surface area contributed by atoms with E-state index in [9.17, 15) is 19.5 Å². The molecule has 0 radical (unpaired) electrons. The summed E-state index contributed by atoms with van der Waals surface area (Å²) in [6, 6.07) is 25.5. The zero-order valence-corrected chi connectivity index (χ0v) is 23.9. The van der Waals surface area contributed by atoms with Crippen molar-refractivity contribution in [3.05, 3.63) is 95.6 Å². The van der Waals surface area contributed by atoms with Crippen molar-refractivity contribution in [2.24, 2.45) is 0 Å². The Hall–Kier alpha value is -4.21. The maximum absolute atomic E-state index is 13.8. The molecule has 1 atom stereocenters. The van der Waals surface area contributed by atoms with Gasteiger partial charge in [0.1, 0.15) is 12.6 Å². The van der Waals surface area contributed by atoms with E-state index in [4.69, 9.17) is 4.74 Å². The summed E-state index contributed by atoms with van der Waals surface area (Å²) in [5.41, 5.74) is 5.65. The lowest BCUT2D eigenvalue weighted by Crippen LogP contribution is -2.54. The minimum absolute atomic E-state index is 0.0523. The second-order valence-corrected chi connectivity index (χ2v) is 11.1. The molecule has 1 saturated heterocycles. The molecular weight excluding hydrogens is 532 g/mol. The van der Waals surface area contributed by atoms with Gasteiger partial charge in [-0.3, -0.25) is 19.4 Å². The number of hydrogen-bond donors (Lipinski definition) is 2. The van der Waals surface area contributed by atoms with Gasteiger partial charge in [-0.25, -0.2) is 4.79 Å². The van der Waals surface area contributed by atoms with Gasteiger partial charge in [-0.05, 0) is 41.3 Å². The Bertz CT molecular complexity index is 1350. The van der Waals surface area contributed by atoms with E-state index in [0.29, 0.717) is 45.7 Å². The summed E-state index contributed by atoms with van der Waals surface area (Å²) < 4.78 is 5.78. The molecule has 0 aromatic heterocycles. The van der Waals surface area contributed by atoms with Crippen LogP contribution in [0.15, 0.2) is 78.9 Å². The second-order valence-electron chi connectivity index (χ2n) is 11.1. The summed E-state index contributed by atoms with van der Waals surface area (Å²) in [5, 5.41) is 12.1. The molecule has 1 heterocycles. The molecule has 0 bridgehead atoms. The zero-order valence-electron chi connectivity index (χ0n) is 23.9. The molecule has 2 N–H and O–H groups in total. The third-order valence-corrected chi connectivity index (χ3v) is 7.98. The predicted molar refractivity (Wildman–Crippen MR) is 160 cm³/mol. The van der Waals surface area contributed by atoms with Gasteiger partial charge in [0.15, 0.2) is 0 Å². The Morgan fingerprint density at radius 1 is 0.905 bits per heavy atom. The molecule has 0 saturated carbocycles. The van der Waals surface area contributed by atoms with Crippen molar-refractivity contribution >= 4 is 18.0 Å². The molecule has 1 unspecified atom stereocenters. The molecule has 2 amide bonds. The molecule has 1 aliphatic carbocycles. The summed E-state index contributed by atoms with van der Waals surface area (Å²) in [7, 11) is 1.92. The number of ether oxygens (including phenoxy) is 1. The van der Waals surface area contributed by atoms with Crippen molar-refractivity contribution in [2.45, 2.75) is 24.9 Å². The number of benzene rings is 3. The summed E-state index contributed by atoms with van der Waals surface area (Å²) in [4.78, 5) is 43.8. The predicted octanol–water partition coefficient (Wildman–Crippen LogP) is 3.64. The van der Waals surface area contributed by atoms with Crippen LogP contribution in [0.1, 0.15) is 29.0 Å². The smallest absolute Gasteiger partial charge is 0.407 e. The first-order valence-electron chi connectivity index (χ1n) is 14.5. The Labute approximate surface area is 246 Å². The number of rotatable bonds is 10. The minimum Gasteiger partial charge on any atom is -0.480 e. The summed E-state index contributed by atoms with van der Waals surface area (Å²) in [5.74, 6) is -1.16. The van der Waals surface area contributed by atoms with Gasteiger partial charge in [-0.1, -0.05) is 78.9 Å². The number of nitrogens with one attached hydrogen (secondary N) is 1. The first kappa shape index (κ1) is 29.3. The van der Waals surface area contributed by atoms with E-state index in [1.54, 1.807) is 4.90 Å². The van der Waals surface area contributed by atoms with Crippen LogP contribution in [0, 0.1) is 0 Å². The number of alkyl carbamates (subject to hydrolysis) is 1. The lowest BCUT2D eigenvalue weighted by molar-refractivity contribution is -0.138. The number of fused-ring (bicyclic) bond motifs is 3. The summed E-state index contributed by atoms with van der Waals surface area (Å²) in [6.07, 6.45) is 0.0296. The highest BCUT2D eigenvalue weighted by Gasteiger charge is 2.32. The lowest BCUT2D eigenvalue weighted by Gasteiger charge is -2.29. The average molecular weight is 571 g/mol. The van der Waals surface area contributed by atoms with Crippen LogP contribution in [0.4, 0.5) is 4.79 Å². The van der Waals surface area contributed by atoms with Gasteiger partial charge in [-0.2, -0.15) is 0 Å². The highest BCUT2D eigenvalue weighted by Crippen LogP contribution is 2.44. The number of carboxylic acids is 1. The summed E-state index contributed by atoms with van der Waals surface area (Å²) >= 11 is 0.